The van der Waals surface area contributed by atoms with E-state index in [9.17, 15) is 4.79 Å². The number of para-hydroxylation sites is 1. The lowest BCUT2D eigenvalue weighted by molar-refractivity contribution is 0.391. The smallest absolute Gasteiger partial charge is 0.267 e. The van der Waals surface area contributed by atoms with Gasteiger partial charge in [-0.3, -0.25) is 4.79 Å². The number of pyridine rings is 1. The fourth-order valence-corrected chi connectivity index (χ4v) is 4.21. The molecule has 0 radical (unpaired) electrons. The van der Waals surface area contributed by atoms with Gasteiger partial charge in [-0.25, -0.2) is 14.5 Å². The van der Waals surface area contributed by atoms with Gasteiger partial charge in [0.1, 0.15) is 5.82 Å². The lowest BCUT2D eigenvalue weighted by Gasteiger charge is -2.12. The van der Waals surface area contributed by atoms with Crippen LogP contribution in [0.3, 0.4) is 0 Å². The molecule has 5 rings (SSSR count). The number of thioether (sulfide) groups is 1. The summed E-state index contributed by atoms with van der Waals surface area (Å²) in [6.45, 7) is 3.96. The van der Waals surface area contributed by atoms with Crippen LogP contribution in [0, 0.1) is 13.8 Å². The van der Waals surface area contributed by atoms with Gasteiger partial charge in [0, 0.05) is 11.8 Å². The summed E-state index contributed by atoms with van der Waals surface area (Å²) in [5.74, 6) is 1.89. The van der Waals surface area contributed by atoms with E-state index in [1.807, 2.05) is 68.4 Å². The number of nitrogens with zero attached hydrogens (tertiary/aromatic N) is 5. The molecule has 5 aromatic rings. The van der Waals surface area contributed by atoms with E-state index in [1.54, 1.807) is 12.3 Å². The molecule has 0 N–H and O–H groups in total. The first-order chi connectivity index (χ1) is 15.6. The van der Waals surface area contributed by atoms with Crippen molar-refractivity contribution in [2.24, 2.45) is 0 Å². The van der Waals surface area contributed by atoms with Crippen LogP contribution in [0.25, 0.3) is 28.1 Å². The molecule has 32 heavy (non-hydrogen) atoms. The molecular weight excluding hydrogens is 422 g/mol. The molecule has 0 bridgehead atoms. The van der Waals surface area contributed by atoms with Gasteiger partial charge < -0.3 is 4.52 Å². The third-order valence-electron chi connectivity index (χ3n) is 5.05. The molecule has 8 heteroatoms. The fourth-order valence-electron chi connectivity index (χ4n) is 3.38. The standard InChI is InChI=1S/C24H19N5O2S/c1-15-11-12-20(25-13-15)29-23(30)18-9-5-6-10-19(18)26-24(29)32-14-21-27-22(28-31-21)17-8-4-3-7-16(17)2/h3-13H,14H2,1-2H3. The molecule has 0 saturated carbocycles. The Hall–Kier alpha value is -3.78. The topological polar surface area (TPSA) is 86.7 Å². The van der Waals surface area contributed by atoms with Crippen LogP contribution < -0.4 is 5.56 Å². The summed E-state index contributed by atoms with van der Waals surface area (Å²) < 4.78 is 6.99. The normalized spacial score (nSPS) is 11.2. The minimum Gasteiger partial charge on any atom is -0.338 e. The minimum atomic E-state index is -0.166. The highest BCUT2D eigenvalue weighted by Crippen LogP contribution is 2.26. The van der Waals surface area contributed by atoms with Crippen molar-refractivity contribution in [3.05, 3.63) is 94.2 Å². The van der Waals surface area contributed by atoms with E-state index in [0.29, 0.717) is 39.3 Å². The van der Waals surface area contributed by atoms with Gasteiger partial charge in [0.15, 0.2) is 5.16 Å². The first-order valence-corrected chi connectivity index (χ1v) is 11.0. The van der Waals surface area contributed by atoms with Crippen LogP contribution in [0.2, 0.25) is 0 Å². The number of rotatable bonds is 5. The van der Waals surface area contributed by atoms with Gasteiger partial charge in [-0.1, -0.05) is 59.4 Å². The Bertz CT molecular complexity index is 1470. The molecule has 3 heterocycles. The molecule has 2 aromatic carbocycles. The number of aromatic nitrogens is 5. The van der Waals surface area contributed by atoms with E-state index in [0.717, 1.165) is 16.7 Å². The van der Waals surface area contributed by atoms with Gasteiger partial charge in [-0.05, 0) is 43.2 Å². The first kappa shape index (κ1) is 20.1. The maximum Gasteiger partial charge on any atom is 0.267 e. The maximum absolute atomic E-state index is 13.3. The van der Waals surface area contributed by atoms with Crippen molar-refractivity contribution in [3.8, 4) is 17.2 Å². The van der Waals surface area contributed by atoms with E-state index >= 15 is 0 Å². The zero-order valence-electron chi connectivity index (χ0n) is 17.5. The van der Waals surface area contributed by atoms with Crippen LogP contribution in [0.5, 0.6) is 0 Å². The fraction of sp³-hybridized carbons (Fsp3) is 0.125. The molecule has 0 aliphatic carbocycles. The van der Waals surface area contributed by atoms with Crippen LogP contribution in [0.1, 0.15) is 17.0 Å². The molecule has 0 atom stereocenters. The second-order valence-corrected chi connectivity index (χ2v) is 8.30. The van der Waals surface area contributed by atoms with Gasteiger partial charge in [0.05, 0.1) is 16.7 Å². The monoisotopic (exact) mass is 441 g/mol. The highest BCUT2D eigenvalue weighted by Gasteiger charge is 2.16. The van der Waals surface area contributed by atoms with Crippen LogP contribution in [-0.2, 0) is 5.75 Å². The van der Waals surface area contributed by atoms with Gasteiger partial charge in [0.2, 0.25) is 11.7 Å². The molecule has 0 spiro atoms. The lowest BCUT2D eigenvalue weighted by Crippen LogP contribution is -2.22. The third-order valence-corrected chi connectivity index (χ3v) is 5.97. The largest absolute Gasteiger partial charge is 0.338 e. The molecule has 0 unspecified atom stereocenters. The zero-order valence-corrected chi connectivity index (χ0v) is 18.3. The summed E-state index contributed by atoms with van der Waals surface area (Å²) >= 11 is 1.36. The van der Waals surface area contributed by atoms with E-state index in [2.05, 4.69) is 15.1 Å². The molecule has 0 aliphatic heterocycles. The first-order valence-electron chi connectivity index (χ1n) is 10.1. The number of hydrogen-bond acceptors (Lipinski definition) is 7. The van der Waals surface area contributed by atoms with Crippen molar-refractivity contribution in [3.63, 3.8) is 0 Å². The van der Waals surface area contributed by atoms with Crippen LogP contribution in [0.4, 0.5) is 0 Å². The maximum atomic E-state index is 13.3. The Morgan fingerprint density at radius 1 is 0.969 bits per heavy atom. The second kappa shape index (κ2) is 8.39. The third kappa shape index (κ3) is 3.80. The number of fused-ring (bicyclic) bond motifs is 1. The quantitative estimate of drug-likeness (QED) is 0.288. The van der Waals surface area contributed by atoms with Crippen LogP contribution in [0.15, 0.2) is 81.3 Å². The van der Waals surface area contributed by atoms with Gasteiger partial charge in [-0.2, -0.15) is 4.98 Å². The molecule has 0 saturated heterocycles. The second-order valence-electron chi connectivity index (χ2n) is 7.36. The highest BCUT2D eigenvalue weighted by molar-refractivity contribution is 7.98. The van der Waals surface area contributed by atoms with Gasteiger partial charge in [0.25, 0.3) is 5.56 Å². The summed E-state index contributed by atoms with van der Waals surface area (Å²) in [5, 5.41) is 5.17. The molecular formula is C24H19N5O2S. The lowest BCUT2D eigenvalue weighted by atomic mass is 10.1. The molecule has 7 nitrogen and oxygen atoms in total. The molecule has 0 fully saturated rings. The Balaban J connectivity index is 1.52. The zero-order chi connectivity index (χ0) is 22.1. The van der Waals surface area contributed by atoms with E-state index in [-0.39, 0.29) is 5.56 Å². The van der Waals surface area contributed by atoms with E-state index in [4.69, 9.17) is 9.51 Å². The summed E-state index contributed by atoms with van der Waals surface area (Å²) in [7, 11) is 0. The van der Waals surface area contributed by atoms with E-state index < -0.39 is 0 Å². The molecule has 3 aromatic heterocycles. The summed E-state index contributed by atoms with van der Waals surface area (Å²) in [6.07, 6.45) is 1.73. The van der Waals surface area contributed by atoms with Crippen molar-refractivity contribution < 1.29 is 4.52 Å². The summed E-state index contributed by atoms with van der Waals surface area (Å²) in [6, 6.07) is 18.9. The summed E-state index contributed by atoms with van der Waals surface area (Å²) in [5.41, 5.74) is 3.48. The Labute approximate surface area is 188 Å². The van der Waals surface area contributed by atoms with Crippen molar-refractivity contribution in [2.45, 2.75) is 24.8 Å². The van der Waals surface area contributed by atoms with Crippen molar-refractivity contribution in [2.75, 3.05) is 0 Å². The molecule has 0 amide bonds. The SMILES string of the molecule is Cc1ccc(-n2c(SCc3nc(-c4ccccc4C)no3)nc3ccccc3c2=O)nc1. The molecule has 158 valence electrons. The number of hydrogen-bond donors (Lipinski definition) is 0. The van der Waals surface area contributed by atoms with Gasteiger partial charge >= 0.3 is 0 Å². The van der Waals surface area contributed by atoms with Crippen molar-refractivity contribution >= 4 is 22.7 Å². The Morgan fingerprint density at radius 3 is 2.59 bits per heavy atom. The van der Waals surface area contributed by atoms with Crippen LogP contribution in [-0.4, -0.2) is 24.7 Å². The van der Waals surface area contributed by atoms with Crippen molar-refractivity contribution in [1.82, 2.24) is 24.7 Å². The average Bonchev–Trinajstić information content (AvgIpc) is 3.28. The number of benzene rings is 2. The predicted octanol–water partition coefficient (Wildman–Crippen LogP) is 4.74. The minimum absolute atomic E-state index is 0.166. The number of aryl methyl sites for hydroxylation is 2. The summed E-state index contributed by atoms with van der Waals surface area (Å²) in [4.78, 5) is 27.0. The molecule has 0 aliphatic rings. The van der Waals surface area contributed by atoms with Crippen molar-refractivity contribution in [1.29, 1.82) is 0 Å². The Kier molecular flexibility index (Phi) is 5.28. The Morgan fingerprint density at radius 2 is 1.78 bits per heavy atom. The average molecular weight is 442 g/mol. The van der Waals surface area contributed by atoms with Gasteiger partial charge in [-0.15, -0.1) is 0 Å². The predicted molar refractivity (Wildman–Crippen MR) is 124 cm³/mol. The van der Waals surface area contributed by atoms with Crippen LogP contribution >= 0.6 is 11.8 Å². The highest BCUT2D eigenvalue weighted by atomic mass is 32.2. The van der Waals surface area contributed by atoms with E-state index in [1.165, 1.54) is 16.3 Å².